The average Bonchev–Trinajstić information content (AvgIpc) is 3.14. The maximum absolute atomic E-state index is 10.5. The molecule has 0 aromatic rings. The highest BCUT2D eigenvalue weighted by molar-refractivity contribution is 5.26. The van der Waals surface area contributed by atoms with Crippen LogP contribution in [-0.4, -0.2) is 33.1 Å². The highest BCUT2D eigenvalue weighted by atomic mass is 16.3. The third-order valence-corrected chi connectivity index (χ3v) is 9.51. The molecule has 0 heterocycles. The molecule has 0 aromatic heterocycles. The summed E-state index contributed by atoms with van der Waals surface area (Å²) >= 11 is 0. The zero-order chi connectivity index (χ0) is 24.1. The summed E-state index contributed by atoms with van der Waals surface area (Å²) in [7, 11) is 0. The fourth-order valence-corrected chi connectivity index (χ4v) is 7.27. The summed E-state index contributed by atoms with van der Waals surface area (Å²) in [6.07, 6.45) is 21.7. The number of hydrogen-bond donors (Lipinski definition) is 3. The minimum absolute atomic E-state index is 0.378. The average molecular weight is 459 g/mol. The van der Waals surface area contributed by atoms with Gasteiger partial charge in [0.15, 0.2) is 0 Å². The van der Waals surface area contributed by atoms with E-state index in [4.69, 9.17) is 0 Å². The molecule has 0 aromatic carbocycles. The number of fused-ring (bicyclic) bond motifs is 1. The summed E-state index contributed by atoms with van der Waals surface area (Å²) in [6, 6.07) is 0. The van der Waals surface area contributed by atoms with E-state index in [9.17, 15) is 15.3 Å². The van der Waals surface area contributed by atoms with E-state index < -0.39 is 17.8 Å². The molecule has 0 bridgehead atoms. The van der Waals surface area contributed by atoms with Crippen molar-refractivity contribution in [2.45, 2.75) is 129 Å². The van der Waals surface area contributed by atoms with Gasteiger partial charge in [-0.05, 0) is 107 Å². The van der Waals surface area contributed by atoms with Crippen LogP contribution in [0, 0.1) is 23.2 Å². The van der Waals surface area contributed by atoms with Crippen molar-refractivity contribution >= 4 is 0 Å². The molecule has 3 heteroatoms. The van der Waals surface area contributed by atoms with Crippen molar-refractivity contribution in [3.8, 4) is 0 Å². The second-order valence-electron chi connectivity index (χ2n) is 11.7. The lowest BCUT2D eigenvalue weighted by molar-refractivity contribution is 0.0220. The quantitative estimate of drug-likeness (QED) is 0.261. The first-order valence-corrected chi connectivity index (χ1v) is 13.8. The molecule has 0 spiro atoms. The smallest absolute Gasteiger partial charge is 0.0642 e. The third-order valence-electron chi connectivity index (χ3n) is 9.51. The number of rotatable bonds is 9. The molecule has 3 aliphatic carbocycles. The fourth-order valence-electron chi connectivity index (χ4n) is 7.27. The van der Waals surface area contributed by atoms with Crippen molar-refractivity contribution in [2.24, 2.45) is 23.2 Å². The van der Waals surface area contributed by atoms with E-state index in [0.29, 0.717) is 36.5 Å². The van der Waals surface area contributed by atoms with Crippen molar-refractivity contribution < 1.29 is 15.3 Å². The van der Waals surface area contributed by atoms with Crippen LogP contribution in [0.15, 0.2) is 35.5 Å². The second kappa shape index (κ2) is 11.7. The molecule has 188 valence electrons. The molecule has 3 rings (SSSR count). The Kier molecular flexibility index (Phi) is 9.46. The SMILES string of the molecule is CCC(O)(CC)CCC/C=C/[C@@H](C)[C@H]1CC[C@H]2/C(=C/C=C3C[C@@H](O)C[C@H](O)C3)CCC[C@]12C. The first-order valence-electron chi connectivity index (χ1n) is 13.8. The van der Waals surface area contributed by atoms with Gasteiger partial charge in [-0.3, -0.25) is 0 Å². The minimum Gasteiger partial charge on any atom is -0.393 e. The summed E-state index contributed by atoms with van der Waals surface area (Å²) in [6.45, 7) is 9.12. The molecule has 0 amide bonds. The van der Waals surface area contributed by atoms with Crippen LogP contribution in [0.4, 0.5) is 0 Å². The molecule has 6 atom stereocenters. The number of aliphatic hydroxyl groups excluding tert-OH is 2. The van der Waals surface area contributed by atoms with Gasteiger partial charge in [0, 0.05) is 0 Å². The van der Waals surface area contributed by atoms with E-state index in [1.54, 1.807) is 5.57 Å². The topological polar surface area (TPSA) is 60.7 Å². The van der Waals surface area contributed by atoms with Gasteiger partial charge in [0.25, 0.3) is 0 Å². The van der Waals surface area contributed by atoms with Gasteiger partial charge in [0.2, 0.25) is 0 Å². The molecule has 3 fully saturated rings. The van der Waals surface area contributed by atoms with Gasteiger partial charge in [-0.2, -0.15) is 0 Å². The lowest BCUT2D eigenvalue weighted by atomic mass is 9.61. The Balaban J connectivity index is 1.59. The molecule has 0 radical (unpaired) electrons. The van der Waals surface area contributed by atoms with Gasteiger partial charge >= 0.3 is 0 Å². The molecule has 3 aliphatic rings. The Bertz CT molecular complexity index is 704. The van der Waals surface area contributed by atoms with Crippen molar-refractivity contribution in [2.75, 3.05) is 0 Å². The predicted molar refractivity (Wildman–Crippen MR) is 138 cm³/mol. The molecule has 0 saturated heterocycles. The van der Waals surface area contributed by atoms with Crippen LogP contribution in [0.25, 0.3) is 0 Å². The molecule has 33 heavy (non-hydrogen) atoms. The number of aliphatic hydroxyl groups is 3. The predicted octanol–water partition coefficient (Wildman–Crippen LogP) is 6.88. The van der Waals surface area contributed by atoms with E-state index in [2.05, 4.69) is 52.0 Å². The highest BCUT2D eigenvalue weighted by Crippen LogP contribution is 2.59. The van der Waals surface area contributed by atoms with Crippen molar-refractivity contribution in [3.63, 3.8) is 0 Å². The van der Waals surface area contributed by atoms with Crippen LogP contribution in [0.5, 0.6) is 0 Å². The Morgan fingerprint density at radius 1 is 1.09 bits per heavy atom. The number of unbranched alkanes of at least 4 members (excludes halogenated alkanes) is 1. The third kappa shape index (κ3) is 6.61. The Morgan fingerprint density at radius 2 is 1.79 bits per heavy atom. The Labute approximate surface area is 203 Å². The molecule has 3 saturated carbocycles. The standard InChI is InChI=1S/C30H50O3/c1-5-30(33,6-2)18-9-7-8-11-22(3)27-15-16-28-24(12-10-17-29(27,28)4)14-13-23-19-25(31)21-26(32)20-23/h8,11,13-14,22,25-28,31-33H,5-7,9-10,12,15-21H2,1-4H3/b11-8+,24-14+/t22-,25-,26-,27-,28+,29-/m1/s1. The van der Waals surface area contributed by atoms with Crippen molar-refractivity contribution in [1.82, 2.24) is 0 Å². The van der Waals surface area contributed by atoms with Crippen molar-refractivity contribution in [1.29, 1.82) is 0 Å². The summed E-state index contributed by atoms with van der Waals surface area (Å²) < 4.78 is 0. The highest BCUT2D eigenvalue weighted by Gasteiger charge is 2.50. The summed E-state index contributed by atoms with van der Waals surface area (Å²) in [5, 5.41) is 30.5. The second-order valence-corrected chi connectivity index (χ2v) is 11.7. The molecule has 3 N–H and O–H groups in total. The van der Waals surface area contributed by atoms with Gasteiger partial charge < -0.3 is 15.3 Å². The minimum atomic E-state index is -0.473. The van der Waals surface area contributed by atoms with Crippen molar-refractivity contribution in [3.05, 3.63) is 35.5 Å². The van der Waals surface area contributed by atoms with Crippen LogP contribution >= 0.6 is 0 Å². The van der Waals surface area contributed by atoms with Crippen LogP contribution in [0.3, 0.4) is 0 Å². The molecule has 3 nitrogen and oxygen atoms in total. The summed E-state index contributed by atoms with van der Waals surface area (Å²) in [5.41, 5.74) is 2.70. The van der Waals surface area contributed by atoms with E-state index in [-0.39, 0.29) is 0 Å². The molecule has 0 unspecified atom stereocenters. The zero-order valence-corrected chi connectivity index (χ0v) is 21.7. The molecular formula is C30H50O3. The monoisotopic (exact) mass is 458 g/mol. The maximum atomic E-state index is 10.5. The van der Waals surface area contributed by atoms with E-state index in [1.165, 1.54) is 37.7 Å². The van der Waals surface area contributed by atoms with Gasteiger partial charge in [-0.1, -0.05) is 63.1 Å². The zero-order valence-electron chi connectivity index (χ0n) is 21.7. The molecule has 0 aliphatic heterocycles. The summed E-state index contributed by atoms with van der Waals surface area (Å²) in [4.78, 5) is 0. The Morgan fingerprint density at radius 3 is 2.45 bits per heavy atom. The fraction of sp³-hybridized carbons (Fsp3) is 0.800. The largest absolute Gasteiger partial charge is 0.393 e. The van der Waals surface area contributed by atoms with E-state index in [0.717, 1.165) is 38.0 Å². The molecular weight excluding hydrogens is 408 g/mol. The van der Waals surface area contributed by atoms with Gasteiger partial charge in [0.05, 0.1) is 17.8 Å². The lowest BCUT2D eigenvalue weighted by Gasteiger charge is -2.44. The van der Waals surface area contributed by atoms with E-state index >= 15 is 0 Å². The normalized spacial score (nSPS) is 35.2. The summed E-state index contributed by atoms with van der Waals surface area (Å²) in [5.74, 6) is 2.00. The van der Waals surface area contributed by atoms with Crippen LogP contribution in [-0.2, 0) is 0 Å². The first kappa shape index (κ1) is 26.7. The lowest BCUT2D eigenvalue weighted by Crippen LogP contribution is -2.35. The number of allylic oxidation sites excluding steroid dienone is 5. The first-order chi connectivity index (χ1) is 15.7. The Hall–Kier alpha value is -0.900. The van der Waals surface area contributed by atoms with E-state index in [1.807, 2.05) is 0 Å². The van der Waals surface area contributed by atoms with Gasteiger partial charge in [-0.25, -0.2) is 0 Å². The van der Waals surface area contributed by atoms with Gasteiger partial charge in [0.1, 0.15) is 0 Å². The maximum Gasteiger partial charge on any atom is 0.0642 e. The van der Waals surface area contributed by atoms with Crippen LogP contribution in [0.2, 0.25) is 0 Å². The number of hydrogen-bond acceptors (Lipinski definition) is 3. The van der Waals surface area contributed by atoms with Crippen LogP contribution < -0.4 is 0 Å². The van der Waals surface area contributed by atoms with Gasteiger partial charge in [-0.15, -0.1) is 0 Å². The van der Waals surface area contributed by atoms with Crippen LogP contribution in [0.1, 0.15) is 111 Å².